The van der Waals surface area contributed by atoms with E-state index < -0.39 is 17.5 Å². The molecule has 2 rings (SSSR count). The lowest BCUT2D eigenvalue weighted by Crippen LogP contribution is -2.38. The van der Waals surface area contributed by atoms with Crippen molar-refractivity contribution < 1.29 is 9.84 Å². The van der Waals surface area contributed by atoms with Crippen molar-refractivity contribution in [3.8, 4) is 0 Å². The van der Waals surface area contributed by atoms with Crippen LogP contribution < -0.4 is 17.0 Å². The van der Waals surface area contributed by atoms with Crippen molar-refractivity contribution in [3.05, 3.63) is 32.6 Å². The minimum absolute atomic E-state index is 0.138. The number of aliphatic hydroxyl groups is 1. The van der Waals surface area contributed by atoms with Crippen LogP contribution in [0, 0.1) is 6.92 Å². The summed E-state index contributed by atoms with van der Waals surface area (Å²) >= 11 is 0. The van der Waals surface area contributed by atoms with Crippen LogP contribution in [-0.4, -0.2) is 33.4 Å². The van der Waals surface area contributed by atoms with E-state index in [1.807, 2.05) is 0 Å². The molecule has 0 saturated carbocycles. The average Bonchev–Trinajstić information content (AvgIpc) is 2.65. The summed E-state index contributed by atoms with van der Waals surface area (Å²) in [6.45, 7) is 1.46. The summed E-state index contributed by atoms with van der Waals surface area (Å²) < 4.78 is 6.71. The van der Waals surface area contributed by atoms with Crippen LogP contribution in [0.3, 0.4) is 0 Å². The topological polar surface area (TPSA) is 110 Å². The summed E-state index contributed by atoms with van der Waals surface area (Å²) in [6.07, 6.45) is 0.890. The van der Waals surface area contributed by atoms with Crippen LogP contribution in [-0.2, 0) is 4.74 Å². The number of aliphatic hydroxyl groups excluding tert-OH is 1. The summed E-state index contributed by atoms with van der Waals surface area (Å²) in [7, 11) is 0. The summed E-state index contributed by atoms with van der Waals surface area (Å²) in [6, 6.07) is -0.379. The van der Waals surface area contributed by atoms with Crippen LogP contribution in [0.5, 0.6) is 0 Å². The zero-order chi connectivity index (χ0) is 12.6. The number of aromatic amines is 1. The summed E-state index contributed by atoms with van der Waals surface area (Å²) in [5, 5.41) is 8.99. The van der Waals surface area contributed by atoms with Gasteiger partial charge in [0.15, 0.2) is 6.23 Å². The zero-order valence-corrected chi connectivity index (χ0v) is 9.42. The molecule has 2 heterocycles. The predicted molar refractivity (Wildman–Crippen MR) is 59.6 cm³/mol. The minimum atomic E-state index is -0.643. The molecule has 1 aromatic heterocycles. The third-order valence-electron chi connectivity index (χ3n) is 2.86. The molecular weight excluding hydrogens is 226 g/mol. The van der Waals surface area contributed by atoms with Crippen LogP contribution in [0.1, 0.15) is 18.2 Å². The molecule has 0 bridgehead atoms. The summed E-state index contributed by atoms with van der Waals surface area (Å²) in [5.41, 5.74) is 5.28. The van der Waals surface area contributed by atoms with Crippen LogP contribution in [0.2, 0.25) is 0 Å². The third-order valence-corrected chi connectivity index (χ3v) is 2.86. The van der Waals surface area contributed by atoms with Gasteiger partial charge in [0, 0.05) is 11.8 Å². The molecule has 1 aromatic rings. The molecule has 0 aliphatic carbocycles. The maximum atomic E-state index is 11.6. The quantitative estimate of drug-likeness (QED) is 0.580. The minimum Gasteiger partial charge on any atom is -0.394 e. The number of nitrogens with zero attached hydrogens (tertiary/aromatic N) is 1. The number of aromatic nitrogens is 2. The first kappa shape index (κ1) is 12.0. The fraction of sp³-hybridized carbons (Fsp3) is 0.600. The lowest BCUT2D eigenvalue weighted by atomic mass is 10.2. The van der Waals surface area contributed by atoms with Crippen LogP contribution >= 0.6 is 0 Å². The third kappa shape index (κ3) is 2.17. The van der Waals surface area contributed by atoms with Gasteiger partial charge in [-0.15, -0.1) is 0 Å². The van der Waals surface area contributed by atoms with Gasteiger partial charge in [-0.3, -0.25) is 14.3 Å². The second-order valence-corrected chi connectivity index (χ2v) is 4.21. The van der Waals surface area contributed by atoms with E-state index in [4.69, 9.17) is 15.6 Å². The first-order valence-corrected chi connectivity index (χ1v) is 5.37. The molecule has 0 spiro atoms. The molecule has 1 unspecified atom stereocenters. The number of H-pyrrole nitrogens is 1. The Balaban J connectivity index is 2.38. The van der Waals surface area contributed by atoms with Gasteiger partial charge in [-0.2, -0.15) is 0 Å². The smallest absolute Gasteiger partial charge is 0.330 e. The lowest BCUT2D eigenvalue weighted by molar-refractivity contribution is -0.0280. The van der Waals surface area contributed by atoms with Gasteiger partial charge in [0.25, 0.3) is 5.56 Å². The molecule has 3 atom stereocenters. The largest absolute Gasteiger partial charge is 0.394 e. The van der Waals surface area contributed by atoms with E-state index in [1.165, 1.54) is 10.8 Å². The zero-order valence-electron chi connectivity index (χ0n) is 9.42. The Morgan fingerprint density at radius 3 is 2.94 bits per heavy atom. The SMILES string of the molecule is Cc1cn([C@H]2O[C@@H](CO)CC2N)c(=O)[nH]c1=O. The van der Waals surface area contributed by atoms with Crippen molar-refractivity contribution in [3.63, 3.8) is 0 Å². The van der Waals surface area contributed by atoms with Gasteiger partial charge in [0.2, 0.25) is 0 Å². The second-order valence-electron chi connectivity index (χ2n) is 4.21. The molecule has 1 fully saturated rings. The molecule has 4 N–H and O–H groups in total. The Labute approximate surface area is 96.8 Å². The molecule has 0 radical (unpaired) electrons. The Hall–Kier alpha value is -1.44. The molecule has 0 aromatic carbocycles. The van der Waals surface area contributed by atoms with Gasteiger partial charge in [-0.25, -0.2) is 4.79 Å². The van der Waals surface area contributed by atoms with E-state index in [0.29, 0.717) is 12.0 Å². The number of nitrogens with two attached hydrogens (primary N) is 1. The Morgan fingerprint density at radius 2 is 2.35 bits per heavy atom. The van der Waals surface area contributed by atoms with E-state index >= 15 is 0 Å². The summed E-state index contributed by atoms with van der Waals surface area (Å²) in [4.78, 5) is 25.0. The number of hydrogen-bond donors (Lipinski definition) is 3. The number of hydrogen-bond acceptors (Lipinski definition) is 5. The number of rotatable bonds is 2. The molecule has 94 valence electrons. The maximum Gasteiger partial charge on any atom is 0.330 e. The Morgan fingerprint density at radius 1 is 1.65 bits per heavy atom. The van der Waals surface area contributed by atoms with Gasteiger partial charge < -0.3 is 15.6 Å². The molecule has 7 nitrogen and oxygen atoms in total. The highest BCUT2D eigenvalue weighted by atomic mass is 16.5. The number of nitrogens with one attached hydrogen (secondary N) is 1. The van der Waals surface area contributed by atoms with Crippen molar-refractivity contribution in [2.75, 3.05) is 6.61 Å². The highest BCUT2D eigenvalue weighted by Crippen LogP contribution is 2.25. The van der Waals surface area contributed by atoms with Gasteiger partial charge in [0.1, 0.15) is 0 Å². The van der Waals surface area contributed by atoms with E-state index in [1.54, 1.807) is 6.92 Å². The van der Waals surface area contributed by atoms with Gasteiger partial charge in [0.05, 0.1) is 18.8 Å². The Kier molecular flexibility index (Phi) is 3.14. The molecule has 1 saturated heterocycles. The maximum absolute atomic E-state index is 11.6. The Bertz CT molecular complexity index is 521. The van der Waals surface area contributed by atoms with Crippen molar-refractivity contribution in [1.82, 2.24) is 9.55 Å². The fourth-order valence-electron chi connectivity index (χ4n) is 1.94. The van der Waals surface area contributed by atoms with Crippen molar-refractivity contribution in [1.29, 1.82) is 0 Å². The molecule has 17 heavy (non-hydrogen) atoms. The lowest BCUT2D eigenvalue weighted by Gasteiger charge is -2.17. The highest BCUT2D eigenvalue weighted by molar-refractivity contribution is 5.02. The van der Waals surface area contributed by atoms with E-state index in [2.05, 4.69) is 4.98 Å². The molecule has 1 aliphatic heterocycles. The van der Waals surface area contributed by atoms with Crippen LogP contribution in [0.4, 0.5) is 0 Å². The molecule has 1 aliphatic rings. The number of aryl methyl sites for hydroxylation is 1. The summed E-state index contributed by atoms with van der Waals surface area (Å²) in [5.74, 6) is 0. The second kappa shape index (κ2) is 4.44. The fourth-order valence-corrected chi connectivity index (χ4v) is 1.94. The molecular formula is C10H15N3O4. The van der Waals surface area contributed by atoms with Crippen molar-refractivity contribution in [2.24, 2.45) is 5.73 Å². The van der Waals surface area contributed by atoms with Crippen molar-refractivity contribution >= 4 is 0 Å². The van der Waals surface area contributed by atoms with Gasteiger partial charge in [-0.1, -0.05) is 0 Å². The van der Waals surface area contributed by atoms with Gasteiger partial charge in [-0.05, 0) is 13.3 Å². The highest BCUT2D eigenvalue weighted by Gasteiger charge is 2.34. The normalized spacial score (nSPS) is 28.5. The first-order valence-electron chi connectivity index (χ1n) is 5.37. The van der Waals surface area contributed by atoms with Crippen molar-refractivity contribution in [2.45, 2.75) is 31.7 Å². The van der Waals surface area contributed by atoms with Crippen LogP contribution in [0.25, 0.3) is 0 Å². The first-order chi connectivity index (χ1) is 8.02. The molecule has 7 heteroatoms. The van der Waals surface area contributed by atoms with E-state index in [0.717, 1.165) is 0 Å². The van der Waals surface area contributed by atoms with Gasteiger partial charge >= 0.3 is 5.69 Å². The average molecular weight is 241 g/mol. The van der Waals surface area contributed by atoms with E-state index in [9.17, 15) is 9.59 Å². The standard InChI is InChI=1S/C10H15N3O4/c1-5-3-13(10(16)12-8(5)15)9-7(11)2-6(4-14)17-9/h3,6-7,9,14H,2,4,11H2,1H3,(H,12,15,16)/t6-,7?,9+/m1/s1. The predicted octanol–water partition coefficient (Wildman–Crippen LogP) is -1.55. The number of ether oxygens (including phenoxy) is 1. The monoisotopic (exact) mass is 241 g/mol. The van der Waals surface area contributed by atoms with E-state index in [-0.39, 0.29) is 18.8 Å². The van der Waals surface area contributed by atoms with Crippen LogP contribution in [0.15, 0.2) is 15.8 Å². The molecule has 0 amide bonds.